The lowest BCUT2D eigenvalue weighted by Crippen LogP contribution is -2.45. The van der Waals surface area contributed by atoms with Crippen molar-refractivity contribution in [2.24, 2.45) is 0 Å². The van der Waals surface area contributed by atoms with E-state index in [4.69, 9.17) is 4.74 Å². The van der Waals surface area contributed by atoms with Crippen LogP contribution < -0.4 is 4.74 Å². The Morgan fingerprint density at radius 1 is 1.40 bits per heavy atom. The van der Waals surface area contributed by atoms with Crippen molar-refractivity contribution >= 4 is 15.9 Å². The lowest BCUT2D eigenvalue weighted by molar-refractivity contribution is 0.0224. The summed E-state index contributed by atoms with van der Waals surface area (Å²) in [7, 11) is 0. The van der Waals surface area contributed by atoms with E-state index in [1.807, 2.05) is 13.8 Å². The van der Waals surface area contributed by atoms with Gasteiger partial charge in [0.15, 0.2) is 0 Å². The maximum Gasteiger partial charge on any atom is 0.129 e. The summed E-state index contributed by atoms with van der Waals surface area (Å²) in [6.07, 6.45) is -0.621. The minimum Gasteiger partial charge on any atom is -0.508 e. The van der Waals surface area contributed by atoms with E-state index < -0.39 is 11.7 Å². The molecule has 3 nitrogen and oxygen atoms in total. The number of aliphatic hydroxyl groups excluding tert-OH is 1. The Hall–Kier alpha value is -0.740. The molecule has 82 valence electrons. The molecule has 1 aliphatic heterocycles. The maximum atomic E-state index is 10.0. The first kappa shape index (κ1) is 10.8. The topological polar surface area (TPSA) is 49.7 Å². The van der Waals surface area contributed by atoms with Crippen LogP contribution in [0.3, 0.4) is 0 Å². The van der Waals surface area contributed by atoms with Crippen molar-refractivity contribution in [2.45, 2.75) is 30.4 Å². The number of rotatable bonds is 0. The number of phenolic OH excluding ortho intramolecular Hbond substituents is 1. The van der Waals surface area contributed by atoms with Gasteiger partial charge < -0.3 is 14.9 Å². The summed E-state index contributed by atoms with van der Waals surface area (Å²) in [6, 6.07) is 4.75. The number of hydrogen-bond acceptors (Lipinski definition) is 3. The molecule has 2 rings (SSSR count). The van der Waals surface area contributed by atoms with Crippen LogP contribution >= 0.6 is 15.9 Å². The van der Waals surface area contributed by atoms with Crippen LogP contribution in [-0.4, -0.2) is 20.6 Å². The molecule has 1 heterocycles. The lowest BCUT2D eigenvalue weighted by atomic mass is 9.91. The predicted octanol–water partition coefficient (Wildman–Crippen LogP) is 2.36. The molecule has 0 aliphatic carbocycles. The van der Waals surface area contributed by atoms with Gasteiger partial charge >= 0.3 is 0 Å². The fourth-order valence-corrected chi connectivity index (χ4v) is 2.11. The van der Waals surface area contributed by atoms with Gasteiger partial charge in [-0.2, -0.15) is 0 Å². The van der Waals surface area contributed by atoms with Gasteiger partial charge in [0.05, 0.1) is 10.9 Å². The van der Waals surface area contributed by atoms with Crippen LogP contribution in [0.15, 0.2) is 18.2 Å². The third-order valence-electron chi connectivity index (χ3n) is 2.63. The molecule has 0 saturated heterocycles. The Kier molecular flexibility index (Phi) is 2.43. The molecular weight excluding hydrogens is 260 g/mol. The highest BCUT2D eigenvalue weighted by molar-refractivity contribution is 9.09. The first-order valence-corrected chi connectivity index (χ1v) is 5.67. The molecule has 1 aromatic rings. The largest absolute Gasteiger partial charge is 0.508 e. The molecule has 0 saturated carbocycles. The fraction of sp³-hybridized carbons (Fsp3) is 0.455. The molecule has 2 unspecified atom stereocenters. The van der Waals surface area contributed by atoms with Gasteiger partial charge in [0, 0.05) is 11.6 Å². The van der Waals surface area contributed by atoms with E-state index in [9.17, 15) is 10.2 Å². The summed E-state index contributed by atoms with van der Waals surface area (Å²) in [6.45, 7) is 3.78. The minimum atomic E-state index is -0.621. The predicted molar refractivity (Wildman–Crippen MR) is 60.5 cm³/mol. The monoisotopic (exact) mass is 272 g/mol. The van der Waals surface area contributed by atoms with E-state index in [1.54, 1.807) is 12.1 Å². The number of ether oxygens (including phenoxy) is 1. The molecule has 0 fully saturated rings. The van der Waals surface area contributed by atoms with Crippen LogP contribution in [0.5, 0.6) is 11.5 Å². The van der Waals surface area contributed by atoms with Crippen molar-refractivity contribution < 1.29 is 14.9 Å². The average Bonchev–Trinajstić information content (AvgIpc) is 2.13. The van der Waals surface area contributed by atoms with Crippen LogP contribution in [0.25, 0.3) is 0 Å². The van der Waals surface area contributed by atoms with Crippen LogP contribution in [0.2, 0.25) is 0 Å². The molecule has 0 radical (unpaired) electrons. The van der Waals surface area contributed by atoms with Gasteiger partial charge in [-0.05, 0) is 26.0 Å². The highest BCUT2D eigenvalue weighted by Gasteiger charge is 2.41. The Bertz CT molecular complexity index is 389. The van der Waals surface area contributed by atoms with Crippen LogP contribution in [0.1, 0.15) is 25.5 Å². The molecule has 4 heteroatoms. The Morgan fingerprint density at radius 2 is 2.07 bits per heavy atom. The summed E-state index contributed by atoms with van der Waals surface area (Å²) in [5, 5.41) is 19.4. The number of aliphatic hydroxyl groups is 1. The number of halogens is 1. The molecule has 0 amide bonds. The smallest absolute Gasteiger partial charge is 0.129 e. The fourth-order valence-electron chi connectivity index (χ4n) is 1.73. The summed E-state index contributed by atoms with van der Waals surface area (Å²) in [4.78, 5) is -0.165. The lowest BCUT2D eigenvalue weighted by Gasteiger charge is -2.40. The quantitative estimate of drug-likeness (QED) is 0.713. The molecule has 0 bridgehead atoms. The van der Waals surface area contributed by atoms with Crippen molar-refractivity contribution in [3.63, 3.8) is 0 Å². The number of phenols is 1. The van der Waals surface area contributed by atoms with Gasteiger partial charge in [-0.15, -0.1) is 0 Å². The molecule has 1 aromatic carbocycles. The third-order valence-corrected chi connectivity index (χ3v) is 4.23. The van der Waals surface area contributed by atoms with Gasteiger partial charge in [-0.1, -0.05) is 15.9 Å². The maximum absolute atomic E-state index is 10.0. The van der Waals surface area contributed by atoms with Gasteiger partial charge in [0.25, 0.3) is 0 Å². The SMILES string of the molecule is CC1(C)Oc2cc(O)ccc2C(O)C1Br. The number of aromatic hydroxyl groups is 1. The minimum absolute atomic E-state index is 0.143. The van der Waals surface area contributed by atoms with Crippen LogP contribution in [0, 0.1) is 0 Å². The third kappa shape index (κ3) is 1.72. The Balaban J connectivity index is 2.50. The van der Waals surface area contributed by atoms with Crippen molar-refractivity contribution in [3.8, 4) is 11.5 Å². The van der Waals surface area contributed by atoms with Gasteiger partial charge in [-0.3, -0.25) is 0 Å². The van der Waals surface area contributed by atoms with Gasteiger partial charge in [0.1, 0.15) is 17.1 Å². The highest BCUT2D eigenvalue weighted by Crippen LogP contribution is 2.44. The second-order valence-corrected chi connectivity index (χ2v) is 5.26. The van der Waals surface area contributed by atoms with Crippen molar-refractivity contribution in [1.82, 2.24) is 0 Å². The summed E-state index contributed by atoms with van der Waals surface area (Å²) in [5.74, 6) is 0.688. The van der Waals surface area contributed by atoms with Gasteiger partial charge in [0.2, 0.25) is 0 Å². The molecular formula is C11H13BrO3. The Morgan fingerprint density at radius 3 is 2.73 bits per heavy atom. The Labute approximate surface area is 96.8 Å². The number of alkyl halides is 1. The molecule has 2 atom stereocenters. The standard InChI is InChI=1S/C11H13BrO3/c1-11(2)10(12)9(14)7-4-3-6(13)5-8(7)15-11/h3-5,9-10,13-14H,1-2H3. The summed E-state index contributed by atoms with van der Waals surface area (Å²) in [5.41, 5.74) is 0.203. The second-order valence-electron chi connectivity index (χ2n) is 4.27. The first-order chi connectivity index (χ1) is 6.92. The van der Waals surface area contributed by atoms with E-state index in [2.05, 4.69) is 15.9 Å². The summed E-state index contributed by atoms with van der Waals surface area (Å²) >= 11 is 3.43. The molecule has 0 spiro atoms. The highest BCUT2D eigenvalue weighted by atomic mass is 79.9. The molecule has 15 heavy (non-hydrogen) atoms. The zero-order chi connectivity index (χ0) is 11.2. The average molecular weight is 273 g/mol. The molecule has 1 aliphatic rings. The van der Waals surface area contributed by atoms with E-state index in [0.29, 0.717) is 11.3 Å². The van der Waals surface area contributed by atoms with E-state index >= 15 is 0 Å². The summed E-state index contributed by atoms with van der Waals surface area (Å²) < 4.78 is 5.72. The first-order valence-electron chi connectivity index (χ1n) is 4.76. The number of hydrogen-bond donors (Lipinski definition) is 2. The van der Waals surface area contributed by atoms with Crippen molar-refractivity contribution in [1.29, 1.82) is 0 Å². The molecule has 0 aromatic heterocycles. The zero-order valence-electron chi connectivity index (χ0n) is 8.57. The van der Waals surface area contributed by atoms with E-state index in [1.165, 1.54) is 6.07 Å². The van der Waals surface area contributed by atoms with Crippen LogP contribution in [-0.2, 0) is 0 Å². The number of benzene rings is 1. The van der Waals surface area contributed by atoms with E-state index in [-0.39, 0.29) is 10.6 Å². The zero-order valence-corrected chi connectivity index (χ0v) is 10.2. The number of fused-ring (bicyclic) bond motifs is 1. The van der Waals surface area contributed by atoms with Crippen LogP contribution in [0.4, 0.5) is 0 Å². The second kappa shape index (κ2) is 3.39. The van der Waals surface area contributed by atoms with Gasteiger partial charge in [-0.25, -0.2) is 0 Å². The normalized spacial score (nSPS) is 28.0. The molecule has 2 N–H and O–H groups in total. The van der Waals surface area contributed by atoms with Crippen molar-refractivity contribution in [3.05, 3.63) is 23.8 Å². The van der Waals surface area contributed by atoms with Crippen molar-refractivity contribution in [2.75, 3.05) is 0 Å². The van der Waals surface area contributed by atoms with E-state index in [0.717, 1.165) is 0 Å².